The Morgan fingerprint density at radius 1 is 1.23 bits per heavy atom. The van der Waals surface area contributed by atoms with Gasteiger partial charge in [-0.3, -0.25) is 9.10 Å². The highest BCUT2D eigenvalue weighted by molar-refractivity contribution is 8.13. The van der Waals surface area contributed by atoms with E-state index in [1.54, 1.807) is 0 Å². The molecule has 1 saturated carbocycles. The van der Waals surface area contributed by atoms with E-state index in [2.05, 4.69) is 28.5 Å². The predicted octanol–water partition coefficient (Wildman–Crippen LogP) is 6.52. The molecule has 1 N–H and O–H groups in total. The molecular formula is C25H34ClN3OS. The van der Waals surface area contributed by atoms with Crippen LogP contribution in [0.4, 0.5) is 0 Å². The van der Waals surface area contributed by atoms with Gasteiger partial charge in [-0.2, -0.15) is 0 Å². The van der Waals surface area contributed by atoms with Crippen molar-refractivity contribution in [2.45, 2.75) is 82.9 Å². The monoisotopic (exact) mass is 459 g/mol. The molecule has 1 aliphatic heterocycles. The molecule has 2 heterocycles. The van der Waals surface area contributed by atoms with Gasteiger partial charge in [0.1, 0.15) is 5.82 Å². The molecule has 4 nitrogen and oxygen atoms in total. The highest BCUT2D eigenvalue weighted by Crippen LogP contribution is 2.41. The van der Waals surface area contributed by atoms with Crippen molar-refractivity contribution in [2.75, 3.05) is 6.54 Å². The number of nitrogens with one attached hydrogen (secondary N) is 1. The molecule has 2 atom stereocenters. The number of nitrogens with zero attached hydrogens (tertiary/aromatic N) is 2. The Labute approximate surface area is 193 Å². The normalized spacial score (nSPS) is 21.2. The Morgan fingerprint density at radius 3 is 2.65 bits per heavy atom. The van der Waals surface area contributed by atoms with E-state index >= 15 is 0 Å². The summed E-state index contributed by atoms with van der Waals surface area (Å²) >= 11 is 6.05. The third-order valence-corrected chi connectivity index (χ3v) is 9.41. The summed E-state index contributed by atoms with van der Waals surface area (Å²) in [6, 6.07) is 7.55. The van der Waals surface area contributed by atoms with Crippen LogP contribution in [0.25, 0.3) is 11.4 Å². The molecule has 1 aliphatic carbocycles. The van der Waals surface area contributed by atoms with Crippen molar-refractivity contribution in [3.63, 3.8) is 0 Å². The van der Waals surface area contributed by atoms with E-state index in [1.807, 2.05) is 24.3 Å². The zero-order valence-electron chi connectivity index (χ0n) is 18.7. The number of hydrogen-bond acceptors (Lipinski definition) is 3. The van der Waals surface area contributed by atoms with Crippen LogP contribution in [-0.4, -0.2) is 31.4 Å². The summed E-state index contributed by atoms with van der Waals surface area (Å²) in [6.45, 7) is 6.16. The van der Waals surface area contributed by atoms with Gasteiger partial charge in [-0.05, 0) is 55.8 Å². The van der Waals surface area contributed by atoms with Crippen LogP contribution in [0.1, 0.15) is 82.4 Å². The lowest BCUT2D eigenvalue weighted by atomic mass is 9.92. The maximum absolute atomic E-state index is 13.2. The standard InChI is InChI=1S/C25H34ClN3OS/c1-3-5-9-19-16-29(31(4-2)21-10-7-6-8-11-21)17-22-23(19)27-24(28-25(22)30)18-12-14-20(26)15-13-18/h4,12-15,19,21H,3,5-11,16-17H2,1-2H3,(H,27,28,30). The SMILES string of the molecule is C/C=S(\C1CCCCC1)N1Cc2c(nc(-c3ccc(Cl)cc3)[nH]c2=O)C(CCCC)C1. The van der Waals surface area contributed by atoms with Crippen molar-refractivity contribution < 1.29 is 0 Å². The summed E-state index contributed by atoms with van der Waals surface area (Å²) in [4.78, 5) is 21.3. The number of aromatic amines is 1. The molecule has 2 unspecified atom stereocenters. The van der Waals surface area contributed by atoms with E-state index in [4.69, 9.17) is 16.6 Å². The molecule has 0 radical (unpaired) electrons. The number of aromatic nitrogens is 2. The van der Waals surface area contributed by atoms with Gasteiger partial charge in [0.05, 0.1) is 11.3 Å². The van der Waals surface area contributed by atoms with Crippen LogP contribution in [-0.2, 0) is 6.54 Å². The molecule has 6 heteroatoms. The van der Waals surface area contributed by atoms with Gasteiger partial charge in [0.2, 0.25) is 0 Å². The third-order valence-electron chi connectivity index (χ3n) is 6.65. The smallest absolute Gasteiger partial charge is 0.255 e. The van der Waals surface area contributed by atoms with Crippen LogP contribution < -0.4 is 5.56 Å². The fraction of sp³-hybridized carbons (Fsp3) is 0.560. The van der Waals surface area contributed by atoms with Crippen molar-refractivity contribution in [1.29, 1.82) is 0 Å². The number of fused-ring (bicyclic) bond motifs is 1. The van der Waals surface area contributed by atoms with Crippen LogP contribution in [0.5, 0.6) is 0 Å². The minimum absolute atomic E-state index is 0.0180. The van der Waals surface area contributed by atoms with Gasteiger partial charge in [-0.25, -0.2) is 4.98 Å². The van der Waals surface area contributed by atoms with Gasteiger partial charge < -0.3 is 4.98 Å². The van der Waals surface area contributed by atoms with Gasteiger partial charge in [0.25, 0.3) is 5.56 Å². The molecule has 1 aromatic heterocycles. The van der Waals surface area contributed by atoms with Gasteiger partial charge in [-0.15, -0.1) is 10.7 Å². The first-order valence-corrected chi connectivity index (χ1v) is 13.4. The molecule has 0 saturated heterocycles. The first-order chi connectivity index (χ1) is 15.1. The predicted molar refractivity (Wildman–Crippen MR) is 134 cm³/mol. The second-order valence-corrected chi connectivity index (χ2v) is 11.6. The topological polar surface area (TPSA) is 49.0 Å². The summed E-state index contributed by atoms with van der Waals surface area (Å²) in [7, 11) is 0.123. The lowest BCUT2D eigenvalue weighted by Gasteiger charge is -2.39. The zero-order valence-corrected chi connectivity index (χ0v) is 20.3. The molecule has 2 aromatic rings. The van der Waals surface area contributed by atoms with Crippen LogP contribution in [0, 0.1) is 0 Å². The maximum atomic E-state index is 13.2. The molecule has 168 valence electrons. The van der Waals surface area contributed by atoms with E-state index in [-0.39, 0.29) is 16.2 Å². The fourth-order valence-corrected chi connectivity index (χ4v) is 7.70. The third kappa shape index (κ3) is 5.15. The number of halogens is 1. The van der Waals surface area contributed by atoms with E-state index in [9.17, 15) is 4.79 Å². The molecule has 0 spiro atoms. The summed E-state index contributed by atoms with van der Waals surface area (Å²) in [5.74, 6) is 0.972. The maximum Gasteiger partial charge on any atom is 0.255 e. The lowest BCUT2D eigenvalue weighted by Crippen LogP contribution is -2.37. The first-order valence-electron chi connectivity index (χ1n) is 11.8. The summed E-state index contributed by atoms with van der Waals surface area (Å²) in [5, 5.41) is 3.83. The van der Waals surface area contributed by atoms with Gasteiger partial charge in [0, 0.05) is 34.8 Å². The molecule has 0 amide bonds. The van der Waals surface area contributed by atoms with E-state index in [0.717, 1.165) is 47.9 Å². The summed E-state index contributed by atoms with van der Waals surface area (Å²) in [6.07, 6.45) is 10.1. The largest absolute Gasteiger partial charge is 0.306 e. The van der Waals surface area contributed by atoms with Gasteiger partial charge in [-0.1, -0.05) is 50.6 Å². The van der Waals surface area contributed by atoms with Crippen LogP contribution >= 0.6 is 22.3 Å². The zero-order chi connectivity index (χ0) is 21.8. The van der Waals surface area contributed by atoms with Crippen molar-refractivity contribution >= 4 is 27.6 Å². The second-order valence-electron chi connectivity index (χ2n) is 8.79. The number of hydrogen-bond donors (Lipinski definition) is 1. The van der Waals surface area contributed by atoms with Crippen molar-refractivity contribution in [3.05, 3.63) is 50.9 Å². The minimum atomic E-state index is 0.0180. The van der Waals surface area contributed by atoms with Crippen LogP contribution in [0.15, 0.2) is 29.1 Å². The van der Waals surface area contributed by atoms with Gasteiger partial charge >= 0.3 is 0 Å². The highest BCUT2D eigenvalue weighted by atomic mass is 35.5. The Bertz CT molecular complexity index is 979. The molecule has 0 bridgehead atoms. The molecule has 2 aliphatic rings. The van der Waals surface area contributed by atoms with Crippen LogP contribution in [0.3, 0.4) is 0 Å². The molecule has 31 heavy (non-hydrogen) atoms. The summed E-state index contributed by atoms with van der Waals surface area (Å²) in [5.41, 5.74) is 2.82. The Kier molecular flexibility index (Phi) is 7.68. The average Bonchev–Trinajstić information content (AvgIpc) is 2.79. The van der Waals surface area contributed by atoms with E-state index in [0.29, 0.717) is 23.3 Å². The molecule has 1 aromatic carbocycles. The number of rotatable bonds is 6. The van der Waals surface area contributed by atoms with E-state index < -0.39 is 0 Å². The summed E-state index contributed by atoms with van der Waals surface area (Å²) < 4.78 is 2.59. The lowest BCUT2D eigenvalue weighted by molar-refractivity contribution is 0.359. The van der Waals surface area contributed by atoms with Crippen LogP contribution in [0.2, 0.25) is 5.02 Å². The Hall–Kier alpha value is -1.43. The molecule has 1 fully saturated rings. The number of H-pyrrole nitrogens is 1. The molecular weight excluding hydrogens is 426 g/mol. The average molecular weight is 460 g/mol. The van der Waals surface area contributed by atoms with E-state index in [1.165, 1.54) is 32.1 Å². The quantitative estimate of drug-likeness (QED) is 0.500. The van der Waals surface area contributed by atoms with Crippen molar-refractivity contribution in [3.8, 4) is 11.4 Å². The fourth-order valence-electron chi connectivity index (χ4n) is 5.02. The first kappa shape index (κ1) is 22.8. The second kappa shape index (κ2) is 10.5. The molecule has 4 rings (SSSR count). The van der Waals surface area contributed by atoms with Crippen molar-refractivity contribution in [1.82, 2.24) is 14.3 Å². The number of benzene rings is 1. The number of unbranched alkanes of at least 4 members (excludes halogenated alkanes) is 1. The Balaban J connectivity index is 1.69. The van der Waals surface area contributed by atoms with Crippen molar-refractivity contribution in [2.24, 2.45) is 0 Å². The minimum Gasteiger partial charge on any atom is -0.306 e. The van der Waals surface area contributed by atoms with Gasteiger partial charge in [0.15, 0.2) is 0 Å². The Morgan fingerprint density at radius 2 is 1.97 bits per heavy atom. The highest BCUT2D eigenvalue weighted by Gasteiger charge is 2.32.